The lowest BCUT2D eigenvalue weighted by Gasteiger charge is -2.37. The van der Waals surface area contributed by atoms with Crippen LogP contribution in [0.2, 0.25) is 0 Å². The van der Waals surface area contributed by atoms with E-state index in [1.807, 2.05) is 48.5 Å². The molecule has 3 aromatic rings. The first-order chi connectivity index (χ1) is 15.4. The Bertz CT molecular complexity index is 1040. The summed E-state index contributed by atoms with van der Waals surface area (Å²) in [5.41, 5.74) is 1.85. The van der Waals surface area contributed by atoms with E-state index in [0.29, 0.717) is 18.9 Å². The van der Waals surface area contributed by atoms with E-state index in [0.717, 1.165) is 36.7 Å². The van der Waals surface area contributed by atoms with Crippen LogP contribution in [0, 0.1) is 0 Å². The predicted molar refractivity (Wildman–Crippen MR) is 125 cm³/mol. The van der Waals surface area contributed by atoms with E-state index in [2.05, 4.69) is 32.3 Å². The Kier molecular flexibility index (Phi) is 6.48. The third-order valence-electron chi connectivity index (χ3n) is 5.50. The Balaban J connectivity index is 1.32. The molecule has 0 bridgehead atoms. The second-order valence-corrected chi connectivity index (χ2v) is 8.58. The van der Waals surface area contributed by atoms with E-state index < -0.39 is 5.60 Å². The van der Waals surface area contributed by atoms with Crippen molar-refractivity contribution in [2.45, 2.75) is 26.0 Å². The van der Waals surface area contributed by atoms with Crippen molar-refractivity contribution in [1.29, 1.82) is 0 Å². The van der Waals surface area contributed by atoms with Gasteiger partial charge in [0.1, 0.15) is 11.4 Å². The molecule has 0 radical (unpaired) electrons. The highest BCUT2D eigenvalue weighted by molar-refractivity contribution is 5.84. The number of hydrogen-bond acceptors (Lipinski definition) is 6. The molecular weight excluding hydrogens is 402 g/mol. The summed E-state index contributed by atoms with van der Waals surface area (Å²) in [6.45, 7) is 6.79. The molecule has 32 heavy (non-hydrogen) atoms. The van der Waals surface area contributed by atoms with Crippen molar-refractivity contribution in [3.8, 4) is 11.4 Å². The quantitative estimate of drug-likeness (QED) is 0.623. The fraction of sp³-hybridized carbons (Fsp3) is 0.320. The molecule has 2 N–H and O–H groups in total. The molecule has 1 aliphatic rings. The predicted octanol–water partition coefficient (Wildman–Crippen LogP) is 3.30. The van der Waals surface area contributed by atoms with Crippen LogP contribution in [0.5, 0.6) is 0 Å². The molecule has 7 nitrogen and oxygen atoms in total. The van der Waals surface area contributed by atoms with Gasteiger partial charge in [-0.15, -0.1) is 0 Å². The Morgan fingerprint density at radius 3 is 2.34 bits per heavy atom. The topological polar surface area (TPSA) is 81.6 Å². The Morgan fingerprint density at radius 1 is 1.00 bits per heavy atom. The molecule has 2 aromatic carbocycles. The smallest absolute Gasteiger partial charge is 0.254 e. The monoisotopic (exact) mass is 431 g/mol. The summed E-state index contributed by atoms with van der Waals surface area (Å²) in [6, 6.07) is 20.1. The standard InChI is InChI=1S/C25H29N5O2/c1-25(2,32)24(31)30-16-14-29(15-17-30)18-19-8-10-21(11-9-19)27-22-12-13-26-23(28-22)20-6-4-3-5-7-20/h3-13,32H,14-18H2,1-2H3,(H,26,27,28). The second kappa shape index (κ2) is 9.46. The van der Waals surface area contributed by atoms with E-state index in [1.54, 1.807) is 24.9 Å². The summed E-state index contributed by atoms with van der Waals surface area (Å²) in [5, 5.41) is 13.3. The maximum atomic E-state index is 12.2. The van der Waals surface area contributed by atoms with Gasteiger partial charge < -0.3 is 15.3 Å². The number of rotatable bonds is 6. The minimum absolute atomic E-state index is 0.201. The molecule has 0 unspecified atom stereocenters. The van der Waals surface area contributed by atoms with Gasteiger partial charge in [0.2, 0.25) is 0 Å². The highest BCUT2D eigenvalue weighted by Crippen LogP contribution is 2.20. The molecule has 1 fully saturated rings. The number of aromatic nitrogens is 2. The zero-order valence-electron chi connectivity index (χ0n) is 18.5. The van der Waals surface area contributed by atoms with Crippen LogP contribution in [0.4, 0.5) is 11.5 Å². The van der Waals surface area contributed by atoms with Crippen molar-refractivity contribution in [1.82, 2.24) is 19.8 Å². The number of nitrogens with zero attached hydrogens (tertiary/aromatic N) is 4. The lowest BCUT2D eigenvalue weighted by molar-refractivity contribution is -0.149. The number of aliphatic hydroxyl groups is 1. The molecule has 0 atom stereocenters. The van der Waals surface area contributed by atoms with Gasteiger partial charge in [-0.2, -0.15) is 0 Å². The third kappa shape index (κ3) is 5.49. The Labute approximate surface area is 188 Å². The zero-order valence-corrected chi connectivity index (χ0v) is 18.5. The normalized spacial score (nSPS) is 14.9. The largest absolute Gasteiger partial charge is 0.381 e. The highest BCUT2D eigenvalue weighted by atomic mass is 16.3. The molecule has 1 amide bonds. The van der Waals surface area contributed by atoms with Crippen LogP contribution in [0.15, 0.2) is 66.9 Å². The molecule has 0 aliphatic carbocycles. The molecule has 1 aromatic heterocycles. The second-order valence-electron chi connectivity index (χ2n) is 8.58. The van der Waals surface area contributed by atoms with Gasteiger partial charge in [0, 0.05) is 50.2 Å². The average molecular weight is 432 g/mol. The van der Waals surface area contributed by atoms with Gasteiger partial charge in [-0.25, -0.2) is 9.97 Å². The lowest BCUT2D eigenvalue weighted by Crippen LogP contribution is -2.53. The van der Waals surface area contributed by atoms with Crippen LogP contribution in [-0.4, -0.2) is 62.6 Å². The van der Waals surface area contributed by atoms with Crippen LogP contribution < -0.4 is 5.32 Å². The molecule has 2 heterocycles. The van der Waals surface area contributed by atoms with E-state index in [9.17, 15) is 9.90 Å². The fourth-order valence-electron chi connectivity index (χ4n) is 3.75. The van der Waals surface area contributed by atoms with Crippen LogP contribution >= 0.6 is 0 Å². The molecule has 7 heteroatoms. The molecule has 0 spiro atoms. The molecule has 4 rings (SSSR count). The van der Waals surface area contributed by atoms with E-state index in [4.69, 9.17) is 0 Å². The number of anilines is 2. The zero-order chi connectivity index (χ0) is 22.6. The average Bonchev–Trinajstić information content (AvgIpc) is 2.81. The summed E-state index contributed by atoms with van der Waals surface area (Å²) in [6.07, 6.45) is 1.76. The van der Waals surface area contributed by atoms with Crippen molar-refractivity contribution < 1.29 is 9.90 Å². The van der Waals surface area contributed by atoms with Crippen molar-refractivity contribution in [2.75, 3.05) is 31.5 Å². The van der Waals surface area contributed by atoms with E-state index in [-0.39, 0.29) is 5.91 Å². The minimum atomic E-state index is -1.31. The highest BCUT2D eigenvalue weighted by Gasteiger charge is 2.31. The number of carbonyl (C=O) groups excluding carboxylic acids is 1. The van der Waals surface area contributed by atoms with Crippen LogP contribution in [-0.2, 0) is 11.3 Å². The van der Waals surface area contributed by atoms with Gasteiger partial charge >= 0.3 is 0 Å². The first kappa shape index (κ1) is 21.9. The molecule has 0 saturated carbocycles. The SMILES string of the molecule is CC(C)(O)C(=O)N1CCN(Cc2ccc(Nc3ccnc(-c4ccccc4)n3)cc2)CC1. The maximum absolute atomic E-state index is 12.2. The van der Waals surface area contributed by atoms with Gasteiger partial charge in [-0.05, 0) is 37.6 Å². The first-order valence-electron chi connectivity index (χ1n) is 10.9. The number of hydrogen-bond donors (Lipinski definition) is 2. The summed E-state index contributed by atoms with van der Waals surface area (Å²) in [5.74, 6) is 1.24. The molecular formula is C25H29N5O2. The van der Waals surface area contributed by atoms with Gasteiger partial charge in [0.15, 0.2) is 5.82 Å². The number of benzene rings is 2. The van der Waals surface area contributed by atoms with Gasteiger partial charge in [0.05, 0.1) is 0 Å². The van der Waals surface area contributed by atoms with Gasteiger partial charge in [-0.3, -0.25) is 9.69 Å². The minimum Gasteiger partial charge on any atom is -0.381 e. The maximum Gasteiger partial charge on any atom is 0.254 e. The van der Waals surface area contributed by atoms with Gasteiger partial charge in [-0.1, -0.05) is 42.5 Å². The molecule has 166 valence electrons. The van der Waals surface area contributed by atoms with Crippen LogP contribution in [0.1, 0.15) is 19.4 Å². The summed E-state index contributed by atoms with van der Waals surface area (Å²) >= 11 is 0. The number of piperazine rings is 1. The first-order valence-corrected chi connectivity index (χ1v) is 10.9. The van der Waals surface area contributed by atoms with Crippen molar-refractivity contribution in [3.63, 3.8) is 0 Å². The van der Waals surface area contributed by atoms with Crippen molar-refractivity contribution in [2.24, 2.45) is 0 Å². The summed E-state index contributed by atoms with van der Waals surface area (Å²) in [7, 11) is 0. The Morgan fingerprint density at radius 2 is 1.69 bits per heavy atom. The molecule has 1 saturated heterocycles. The lowest BCUT2D eigenvalue weighted by atomic mass is 10.1. The third-order valence-corrected chi connectivity index (χ3v) is 5.50. The number of nitrogens with one attached hydrogen (secondary N) is 1. The van der Waals surface area contributed by atoms with Gasteiger partial charge in [0.25, 0.3) is 5.91 Å². The number of carbonyl (C=O) groups is 1. The van der Waals surface area contributed by atoms with E-state index in [1.165, 1.54) is 5.56 Å². The van der Waals surface area contributed by atoms with E-state index >= 15 is 0 Å². The fourth-order valence-corrected chi connectivity index (χ4v) is 3.75. The van der Waals surface area contributed by atoms with Crippen molar-refractivity contribution in [3.05, 3.63) is 72.4 Å². The summed E-state index contributed by atoms with van der Waals surface area (Å²) < 4.78 is 0. The van der Waals surface area contributed by atoms with Crippen LogP contribution in [0.3, 0.4) is 0 Å². The van der Waals surface area contributed by atoms with Crippen LogP contribution in [0.25, 0.3) is 11.4 Å². The van der Waals surface area contributed by atoms with Crippen molar-refractivity contribution >= 4 is 17.4 Å². The Hall–Kier alpha value is -3.29. The molecule has 1 aliphatic heterocycles. The summed E-state index contributed by atoms with van der Waals surface area (Å²) in [4.78, 5) is 25.3. The number of amides is 1.